The lowest BCUT2D eigenvalue weighted by Crippen LogP contribution is -2.26. The summed E-state index contributed by atoms with van der Waals surface area (Å²) in [7, 11) is -2.38. The topological polar surface area (TPSA) is 119 Å². The number of methoxy groups -OCH3 is 1. The van der Waals surface area contributed by atoms with Crippen LogP contribution in [0.1, 0.15) is 29.3 Å². The van der Waals surface area contributed by atoms with E-state index in [9.17, 15) is 18.0 Å². The van der Waals surface area contributed by atoms with Gasteiger partial charge in [0.2, 0.25) is 10.0 Å². The number of carboxylic acid groups (broad SMARTS) is 1. The number of carbonyl (C=O) groups is 2. The first-order chi connectivity index (χ1) is 14.7. The number of carbonyl (C=O) groups excluding carboxylic acids is 1. The van der Waals surface area contributed by atoms with Crippen LogP contribution in [0.25, 0.3) is 6.08 Å². The van der Waals surface area contributed by atoms with E-state index in [2.05, 4.69) is 4.72 Å². The summed E-state index contributed by atoms with van der Waals surface area (Å²) in [5.41, 5.74) is 0.912. The third-order valence-corrected chi connectivity index (χ3v) is 5.80. The molecule has 0 aliphatic rings. The minimum atomic E-state index is -3.86. The maximum atomic E-state index is 12.4. The zero-order chi connectivity index (χ0) is 23.0. The molecule has 0 spiro atoms. The van der Waals surface area contributed by atoms with Gasteiger partial charge in [-0.1, -0.05) is 17.7 Å². The van der Waals surface area contributed by atoms with Crippen LogP contribution in [0.15, 0.2) is 47.4 Å². The second-order valence-electron chi connectivity index (χ2n) is 6.23. The fraction of sp³-hybridized carbons (Fsp3) is 0.238. The van der Waals surface area contributed by atoms with Gasteiger partial charge < -0.3 is 14.6 Å². The number of hydrogen-bond donors (Lipinski definition) is 2. The van der Waals surface area contributed by atoms with Crippen LogP contribution >= 0.6 is 11.6 Å². The van der Waals surface area contributed by atoms with E-state index < -0.39 is 16.0 Å². The second kappa shape index (κ2) is 10.9. The molecular formula is C21H22ClNO7S. The zero-order valence-electron chi connectivity index (χ0n) is 16.9. The standard InChI is InChI=1S/C21H22ClNO7S/c1-3-30-19-13-14(12-17(22)21(19)29-2)4-9-18(24)15-5-7-16(8-6-15)31(27,28)23-11-10-20(25)26/h4-9,12-13,23H,3,10-11H2,1-2H3,(H,25,26)/b9-4+. The smallest absolute Gasteiger partial charge is 0.304 e. The van der Waals surface area contributed by atoms with E-state index in [0.717, 1.165) is 0 Å². The fourth-order valence-corrected chi connectivity index (χ4v) is 3.92. The minimum absolute atomic E-state index is 0.0679. The number of carboxylic acids is 1. The Labute approximate surface area is 185 Å². The molecule has 10 heteroatoms. The first kappa shape index (κ1) is 24.4. The molecule has 8 nitrogen and oxygen atoms in total. The predicted molar refractivity (Wildman–Crippen MR) is 116 cm³/mol. The van der Waals surface area contributed by atoms with Crippen molar-refractivity contribution in [3.63, 3.8) is 0 Å². The van der Waals surface area contributed by atoms with Crippen LogP contribution in [0.4, 0.5) is 0 Å². The van der Waals surface area contributed by atoms with Crippen molar-refractivity contribution >= 4 is 39.5 Å². The summed E-state index contributed by atoms with van der Waals surface area (Å²) in [6.45, 7) is 2.01. The van der Waals surface area contributed by atoms with Gasteiger partial charge in [-0.15, -0.1) is 0 Å². The molecule has 2 rings (SSSR count). The Morgan fingerprint density at radius 2 is 1.87 bits per heavy atom. The average molecular weight is 468 g/mol. The van der Waals surface area contributed by atoms with Gasteiger partial charge in [-0.2, -0.15) is 0 Å². The monoisotopic (exact) mass is 467 g/mol. The number of aliphatic carboxylic acids is 1. The van der Waals surface area contributed by atoms with Crippen molar-refractivity contribution in [3.05, 3.63) is 58.6 Å². The van der Waals surface area contributed by atoms with Crippen molar-refractivity contribution in [1.29, 1.82) is 0 Å². The summed E-state index contributed by atoms with van der Waals surface area (Å²) in [6.07, 6.45) is 2.57. The van der Waals surface area contributed by atoms with Gasteiger partial charge in [0.1, 0.15) is 0 Å². The lowest BCUT2D eigenvalue weighted by Gasteiger charge is -2.11. The highest BCUT2D eigenvalue weighted by Gasteiger charge is 2.15. The summed E-state index contributed by atoms with van der Waals surface area (Å²) in [5.74, 6) is -0.593. The zero-order valence-corrected chi connectivity index (χ0v) is 18.5. The largest absolute Gasteiger partial charge is 0.491 e. The molecule has 31 heavy (non-hydrogen) atoms. The Hall–Kier alpha value is -2.88. The number of halogens is 1. The van der Waals surface area contributed by atoms with Crippen LogP contribution in [-0.4, -0.2) is 45.5 Å². The minimum Gasteiger partial charge on any atom is -0.491 e. The fourth-order valence-electron chi connectivity index (χ4n) is 2.59. The third-order valence-electron chi connectivity index (χ3n) is 4.04. The Kier molecular flexibility index (Phi) is 8.61. The molecule has 166 valence electrons. The van der Waals surface area contributed by atoms with E-state index in [1.54, 1.807) is 18.2 Å². The summed E-state index contributed by atoms with van der Waals surface area (Å²) >= 11 is 6.20. The molecule has 0 radical (unpaired) electrons. The lowest BCUT2D eigenvalue weighted by atomic mass is 10.1. The van der Waals surface area contributed by atoms with Crippen molar-refractivity contribution < 1.29 is 32.6 Å². The highest BCUT2D eigenvalue weighted by atomic mass is 35.5. The van der Waals surface area contributed by atoms with Gasteiger partial charge in [0, 0.05) is 12.1 Å². The number of nitrogens with one attached hydrogen (secondary N) is 1. The number of sulfonamides is 1. The van der Waals surface area contributed by atoms with Gasteiger partial charge in [-0.05, 0) is 55.0 Å². The number of hydrogen-bond acceptors (Lipinski definition) is 6. The molecule has 0 aromatic heterocycles. The highest BCUT2D eigenvalue weighted by molar-refractivity contribution is 7.89. The Morgan fingerprint density at radius 1 is 1.19 bits per heavy atom. The van der Waals surface area contributed by atoms with E-state index in [1.807, 2.05) is 6.92 Å². The van der Waals surface area contributed by atoms with Gasteiger partial charge in [0.25, 0.3) is 0 Å². The molecule has 0 aliphatic heterocycles. The van der Waals surface area contributed by atoms with Crippen molar-refractivity contribution in [1.82, 2.24) is 4.72 Å². The molecule has 2 aromatic carbocycles. The van der Waals surface area contributed by atoms with Crippen LogP contribution < -0.4 is 14.2 Å². The molecule has 0 fully saturated rings. The van der Waals surface area contributed by atoms with Gasteiger partial charge in [-0.3, -0.25) is 9.59 Å². The lowest BCUT2D eigenvalue weighted by molar-refractivity contribution is -0.136. The third kappa shape index (κ3) is 6.81. The molecule has 0 saturated heterocycles. The summed E-state index contributed by atoms with van der Waals surface area (Å²) in [5, 5.41) is 8.93. The van der Waals surface area contributed by atoms with Gasteiger partial charge in [0.05, 0.1) is 30.1 Å². The summed E-state index contributed by atoms with van der Waals surface area (Å²) in [4.78, 5) is 22.9. The number of benzene rings is 2. The Balaban J connectivity index is 2.14. The molecule has 0 amide bonds. The van der Waals surface area contributed by atoms with Crippen molar-refractivity contribution in [2.45, 2.75) is 18.2 Å². The molecule has 0 bridgehead atoms. The van der Waals surface area contributed by atoms with Gasteiger partial charge in [-0.25, -0.2) is 13.1 Å². The van der Waals surface area contributed by atoms with E-state index in [4.69, 9.17) is 26.2 Å². The van der Waals surface area contributed by atoms with E-state index in [1.165, 1.54) is 37.5 Å². The highest BCUT2D eigenvalue weighted by Crippen LogP contribution is 2.36. The van der Waals surface area contributed by atoms with E-state index in [-0.39, 0.29) is 29.2 Å². The van der Waals surface area contributed by atoms with E-state index in [0.29, 0.717) is 28.7 Å². The molecule has 2 N–H and O–H groups in total. The molecule has 0 atom stereocenters. The Bertz CT molecular complexity index is 1080. The maximum absolute atomic E-state index is 12.4. The molecule has 0 saturated carbocycles. The van der Waals surface area contributed by atoms with Crippen LogP contribution in [0.5, 0.6) is 11.5 Å². The number of allylic oxidation sites excluding steroid dienone is 1. The Morgan fingerprint density at radius 3 is 2.45 bits per heavy atom. The first-order valence-electron chi connectivity index (χ1n) is 9.22. The van der Waals surface area contributed by atoms with Crippen molar-refractivity contribution in [2.75, 3.05) is 20.3 Å². The van der Waals surface area contributed by atoms with Crippen molar-refractivity contribution in [2.24, 2.45) is 0 Å². The number of ketones is 1. The molecule has 2 aromatic rings. The summed E-state index contributed by atoms with van der Waals surface area (Å²) < 4.78 is 37.2. The summed E-state index contributed by atoms with van der Waals surface area (Å²) in [6, 6.07) is 8.64. The van der Waals surface area contributed by atoms with Gasteiger partial charge >= 0.3 is 5.97 Å². The number of rotatable bonds is 11. The molecule has 0 unspecified atom stereocenters. The van der Waals surface area contributed by atoms with E-state index >= 15 is 0 Å². The normalized spacial score (nSPS) is 11.5. The first-order valence-corrected chi connectivity index (χ1v) is 11.1. The SMILES string of the molecule is CCOc1cc(/C=C/C(=O)c2ccc(S(=O)(=O)NCCC(=O)O)cc2)cc(Cl)c1OC. The second-order valence-corrected chi connectivity index (χ2v) is 8.40. The van der Waals surface area contributed by atoms with Crippen LogP contribution in [0, 0.1) is 0 Å². The van der Waals surface area contributed by atoms with Crippen LogP contribution in [0.3, 0.4) is 0 Å². The average Bonchev–Trinajstić information content (AvgIpc) is 2.72. The molecular weight excluding hydrogens is 446 g/mol. The van der Waals surface area contributed by atoms with Gasteiger partial charge in [0.15, 0.2) is 17.3 Å². The predicted octanol–water partition coefficient (Wildman–Crippen LogP) is 3.40. The van der Waals surface area contributed by atoms with Crippen LogP contribution in [-0.2, 0) is 14.8 Å². The number of ether oxygens (including phenoxy) is 2. The molecule has 0 heterocycles. The quantitative estimate of drug-likeness (QED) is 0.384. The molecule has 0 aliphatic carbocycles. The van der Waals surface area contributed by atoms with Crippen LogP contribution in [0.2, 0.25) is 5.02 Å². The van der Waals surface area contributed by atoms with Crippen molar-refractivity contribution in [3.8, 4) is 11.5 Å². The maximum Gasteiger partial charge on any atom is 0.304 e.